The molecule has 0 unspecified atom stereocenters. The summed E-state index contributed by atoms with van der Waals surface area (Å²) in [5, 5.41) is 3.81. The van der Waals surface area contributed by atoms with E-state index in [-0.39, 0.29) is 0 Å². The molecule has 1 aliphatic carbocycles. The van der Waals surface area contributed by atoms with Gasteiger partial charge in [0.1, 0.15) is 0 Å². The molecule has 1 fully saturated rings. The van der Waals surface area contributed by atoms with Crippen LogP contribution < -0.4 is 0 Å². The molecule has 0 aromatic carbocycles. The van der Waals surface area contributed by atoms with Gasteiger partial charge in [-0.05, 0) is 12.8 Å². The van der Waals surface area contributed by atoms with Crippen molar-refractivity contribution in [1.29, 1.82) is 0 Å². The lowest BCUT2D eigenvalue weighted by Crippen LogP contribution is -2.08. The first-order valence-corrected chi connectivity index (χ1v) is 3.29. The van der Waals surface area contributed by atoms with Crippen molar-refractivity contribution < 1.29 is 4.52 Å². The van der Waals surface area contributed by atoms with E-state index in [0.29, 0.717) is 5.92 Å². The predicted molar refractivity (Wildman–Crippen MR) is 31.9 cm³/mol. The molecule has 1 aliphatic rings. The van der Waals surface area contributed by atoms with Crippen LogP contribution in [0.3, 0.4) is 0 Å². The standard InChI is InChI=1S/C7H8NO/c1-2-6(3-1)7-4-5-9-8-7/h4,6H,1-3H2. The summed E-state index contributed by atoms with van der Waals surface area (Å²) in [5.74, 6) is 0.681. The van der Waals surface area contributed by atoms with E-state index in [0.717, 1.165) is 5.69 Å². The van der Waals surface area contributed by atoms with E-state index in [2.05, 4.69) is 15.9 Å². The van der Waals surface area contributed by atoms with Crippen LogP contribution in [0.25, 0.3) is 0 Å². The van der Waals surface area contributed by atoms with E-state index in [1.54, 1.807) is 0 Å². The molecule has 1 heterocycles. The van der Waals surface area contributed by atoms with Gasteiger partial charge in [-0.3, -0.25) is 0 Å². The van der Waals surface area contributed by atoms with Crippen molar-refractivity contribution in [3.8, 4) is 0 Å². The van der Waals surface area contributed by atoms with Gasteiger partial charge in [-0.2, -0.15) is 0 Å². The van der Waals surface area contributed by atoms with Gasteiger partial charge in [-0.15, -0.1) is 0 Å². The Bertz CT molecular complexity index is 177. The Balaban J connectivity index is 2.14. The first-order chi connectivity index (χ1) is 4.47. The molecule has 1 saturated carbocycles. The van der Waals surface area contributed by atoms with Gasteiger partial charge >= 0.3 is 0 Å². The van der Waals surface area contributed by atoms with Crippen LogP contribution in [0.5, 0.6) is 0 Å². The molecule has 0 atom stereocenters. The minimum Gasteiger partial charge on any atom is -0.353 e. The Morgan fingerprint density at radius 2 is 2.56 bits per heavy atom. The maximum Gasteiger partial charge on any atom is 0.205 e. The summed E-state index contributed by atoms with van der Waals surface area (Å²) in [5.41, 5.74) is 1.08. The molecule has 0 aliphatic heterocycles. The largest absolute Gasteiger partial charge is 0.353 e. The van der Waals surface area contributed by atoms with E-state index in [4.69, 9.17) is 0 Å². The zero-order valence-corrected chi connectivity index (χ0v) is 5.13. The second kappa shape index (κ2) is 1.87. The number of nitrogens with zero attached hydrogens (tertiary/aromatic N) is 1. The summed E-state index contributed by atoms with van der Waals surface area (Å²) < 4.78 is 4.60. The first kappa shape index (κ1) is 5.03. The van der Waals surface area contributed by atoms with Gasteiger partial charge in [0.15, 0.2) is 0 Å². The first-order valence-electron chi connectivity index (χ1n) is 3.29. The van der Waals surface area contributed by atoms with Gasteiger partial charge in [-0.1, -0.05) is 11.6 Å². The van der Waals surface area contributed by atoms with Crippen LogP contribution in [-0.4, -0.2) is 5.16 Å². The lowest BCUT2D eigenvalue weighted by Gasteiger charge is -2.22. The van der Waals surface area contributed by atoms with Gasteiger partial charge in [0.2, 0.25) is 6.26 Å². The fourth-order valence-corrected chi connectivity index (χ4v) is 1.09. The summed E-state index contributed by atoms with van der Waals surface area (Å²) in [6.07, 6.45) is 6.49. The Morgan fingerprint density at radius 1 is 1.67 bits per heavy atom. The summed E-state index contributed by atoms with van der Waals surface area (Å²) >= 11 is 0. The second-order valence-corrected chi connectivity index (χ2v) is 2.50. The maximum absolute atomic E-state index is 4.60. The molecule has 2 heteroatoms. The van der Waals surface area contributed by atoms with Gasteiger partial charge in [-0.25, -0.2) is 0 Å². The Labute approximate surface area is 53.9 Å². The SMILES string of the molecule is [c]1cc(C2CCC2)no1. The highest BCUT2D eigenvalue weighted by Gasteiger charge is 2.21. The number of aromatic nitrogens is 1. The topological polar surface area (TPSA) is 26.0 Å². The molecule has 0 amide bonds. The molecule has 9 heavy (non-hydrogen) atoms. The smallest absolute Gasteiger partial charge is 0.205 e. The molecule has 1 radical (unpaired) electrons. The van der Waals surface area contributed by atoms with Crippen molar-refractivity contribution in [2.45, 2.75) is 25.2 Å². The highest BCUT2D eigenvalue weighted by atomic mass is 16.5. The average Bonchev–Trinajstić information content (AvgIpc) is 2.11. The molecule has 47 valence electrons. The van der Waals surface area contributed by atoms with Crippen LogP contribution in [0.2, 0.25) is 0 Å². The minimum absolute atomic E-state index is 0.681. The van der Waals surface area contributed by atoms with Crippen LogP contribution >= 0.6 is 0 Å². The number of rotatable bonds is 1. The third kappa shape index (κ3) is 0.745. The number of hydrogen-bond donors (Lipinski definition) is 0. The van der Waals surface area contributed by atoms with Gasteiger partial charge in [0.05, 0.1) is 5.69 Å². The molecular weight excluding hydrogens is 114 g/mol. The lowest BCUT2D eigenvalue weighted by atomic mass is 9.83. The molecule has 0 saturated heterocycles. The molecule has 1 aromatic rings. The molecule has 0 bridgehead atoms. The Kier molecular flexibility index (Phi) is 1.04. The van der Waals surface area contributed by atoms with Crippen molar-refractivity contribution in [3.05, 3.63) is 18.0 Å². The number of hydrogen-bond acceptors (Lipinski definition) is 2. The van der Waals surface area contributed by atoms with Crippen LogP contribution in [0.1, 0.15) is 30.9 Å². The zero-order chi connectivity index (χ0) is 6.10. The van der Waals surface area contributed by atoms with E-state index in [9.17, 15) is 0 Å². The van der Waals surface area contributed by atoms with Crippen molar-refractivity contribution in [3.63, 3.8) is 0 Å². The van der Waals surface area contributed by atoms with Crippen molar-refractivity contribution >= 4 is 0 Å². The van der Waals surface area contributed by atoms with E-state index in [1.807, 2.05) is 6.07 Å². The summed E-state index contributed by atoms with van der Waals surface area (Å²) in [6, 6.07) is 1.84. The van der Waals surface area contributed by atoms with E-state index < -0.39 is 0 Å². The van der Waals surface area contributed by atoms with E-state index >= 15 is 0 Å². The summed E-state index contributed by atoms with van der Waals surface area (Å²) in [6.45, 7) is 0. The molecule has 0 N–H and O–H groups in total. The molecule has 2 rings (SSSR count). The van der Waals surface area contributed by atoms with Crippen molar-refractivity contribution in [1.82, 2.24) is 5.16 Å². The third-order valence-corrected chi connectivity index (χ3v) is 1.93. The maximum atomic E-state index is 4.60. The molecule has 0 spiro atoms. The van der Waals surface area contributed by atoms with E-state index in [1.165, 1.54) is 19.3 Å². The second-order valence-electron chi connectivity index (χ2n) is 2.50. The third-order valence-electron chi connectivity index (χ3n) is 1.93. The van der Waals surface area contributed by atoms with Crippen molar-refractivity contribution in [2.75, 3.05) is 0 Å². The minimum atomic E-state index is 0.681. The Hall–Kier alpha value is -0.790. The fourth-order valence-electron chi connectivity index (χ4n) is 1.09. The normalized spacial score (nSPS) is 19.6. The molecule has 2 nitrogen and oxygen atoms in total. The monoisotopic (exact) mass is 122 g/mol. The van der Waals surface area contributed by atoms with Crippen molar-refractivity contribution in [2.24, 2.45) is 0 Å². The molecular formula is C7H8NO. The summed E-state index contributed by atoms with van der Waals surface area (Å²) in [7, 11) is 0. The highest BCUT2D eigenvalue weighted by Crippen LogP contribution is 2.34. The van der Waals surface area contributed by atoms with Crippen LogP contribution in [-0.2, 0) is 0 Å². The predicted octanol–water partition coefficient (Wildman–Crippen LogP) is 1.74. The fraction of sp³-hybridized carbons (Fsp3) is 0.571. The van der Waals surface area contributed by atoms with Crippen LogP contribution in [0.15, 0.2) is 10.6 Å². The van der Waals surface area contributed by atoms with Crippen LogP contribution in [0.4, 0.5) is 0 Å². The van der Waals surface area contributed by atoms with Gasteiger partial charge < -0.3 is 4.52 Å². The highest BCUT2D eigenvalue weighted by molar-refractivity contribution is 5.06. The zero-order valence-electron chi connectivity index (χ0n) is 5.13. The average molecular weight is 122 g/mol. The Morgan fingerprint density at radius 3 is 3.00 bits per heavy atom. The molecule has 1 aromatic heterocycles. The lowest BCUT2D eigenvalue weighted by molar-refractivity contribution is 0.360. The van der Waals surface area contributed by atoms with Crippen LogP contribution in [0, 0.1) is 6.26 Å². The summed E-state index contributed by atoms with van der Waals surface area (Å²) in [4.78, 5) is 0. The van der Waals surface area contributed by atoms with Gasteiger partial charge in [0, 0.05) is 12.0 Å². The van der Waals surface area contributed by atoms with Gasteiger partial charge in [0.25, 0.3) is 0 Å². The quantitative estimate of drug-likeness (QED) is 0.567.